The first-order valence-corrected chi connectivity index (χ1v) is 14.4. The zero-order valence-electron chi connectivity index (χ0n) is 21.8. The number of fused-ring (bicyclic) bond motifs is 2. The monoisotopic (exact) mass is 538 g/mol. The molecule has 3 fully saturated rings. The quantitative estimate of drug-likeness (QED) is 0.396. The second-order valence-electron chi connectivity index (χ2n) is 11.4. The SMILES string of the molecule is CSc1ncc(-c2ccc(-c3ncc(N(C4CC4)[C@@H]4C[C@@]5(C)CCC[C@](C)(N5)[C@@H]4F)nn3)c(O)c2)cc1F. The molecular formula is C28H32F2N6OS. The summed E-state index contributed by atoms with van der Waals surface area (Å²) in [5.74, 6) is 0.398. The molecule has 2 saturated heterocycles. The van der Waals surface area contributed by atoms with E-state index in [1.807, 2.05) is 6.92 Å². The lowest BCUT2D eigenvalue weighted by atomic mass is 9.68. The number of nitrogens with one attached hydrogen (secondary N) is 1. The van der Waals surface area contributed by atoms with Gasteiger partial charge in [0.2, 0.25) is 0 Å². The van der Waals surface area contributed by atoms with E-state index in [2.05, 4.69) is 37.3 Å². The minimum absolute atomic E-state index is 0.0405. The minimum Gasteiger partial charge on any atom is -0.507 e. The van der Waals surface area contributed by atoms with Gasteiger partial charge in [-0.1, -0.05) is 6.07 Å². The maximum atomic E-state index is 16.0. The first-order chi connectivity index (χ1) is 18.2. The largest absolute Gasteiger partial charge is 0.507 e. The Morgan fingerprint density at radius 2 is 1.89 bits per heavy atom. The highest BCUT2D eigenvalue weighted by atomic mass is 32.2. The van der Waals surface area contributed by atoms with Crippen LogP contribution in [0.3, 0.4) is 0 Å². The van der Waals surface area contributed by atoms with Gasteiger partial charge in [-0.3, -0.25) is 0 Å². The Kier molecular flexibility index (Phi) is 6.30. The second-order valence-corrected chi connectivity index (χ2v) is 12.2. The number of aromatic nitrogens is 4. The molecule has 6 rings (SSSR count). The second kappa shape index (κ2) is 9.41. The number of phenols is 1. The summed E-state index contributed by atoms with van der Waals surface area (Å²) in [4.78, 5) is 10.8. The van der Waals surface area contributed by atoms with Crippen molar-refractivity contribution >= 4 is 17.6 Å². The first kappa shape index (κ1) is 25.4. The van der Waals surface area contributed by atoms with Crippen molar-refractivity contribution < 1.29 is 13.9 Å². The molecule has 0 amide bonds. The summed E-state index contributed by atoms with van der Waals surface area (Å²) in [5.41, 5.74) is 0.954. The molecule has 38 heavy (non-hydrogen) atoms. The van der Waals surface area contributed by atoms with Crippen LogP contribution in [0.15, 0.2) is 41.7 Å². The van der Waals surface area contributed by atoms with Crippen LogP contribution < -0.4 is 10.2 Å². The Morgan fingerprint density at radius 3 is 2.55 bits per heavy atom. The number of thioether (sulfide) groups is 1. The summed E-state index contributed by atoms with van der Waals surface area (Å²) in [6.45, 7) is 4.21. The Balaban J connectivity index is 1.27. The van der Waals surface area contributed by atoms with E-state index in [-0.39, 0.29) is 29.2 Å². The number of anilines is 1. The van der Waals surface area contributed by atoms with Crippen LogP contribution in [0.1, 0.15) is 52.4 Å². The summed E-state index contributed by atoms with van der Waals surface area (Å²) in [7, 11) is 0. The fraction of sp³-hybridized carbons (Fsp3) is 0.500. The van der Waals surface area contributed by atoms with Crippen molar-refractivity contribution in [3.63, 3.8) is 0 Å². The van der Waals surface area contributed by atoms with Crippen LogP contribution >= 0.6 is 11.8 Å². The number of halogens is 2. The van der Waals surface area contributed by atoms with Crippen molar-refractivity contribution in [2.45, 2.75) is 86.7 Å². The molecule has 10 heteroatoms. The van der Waals surface area contributed by atoms with Gasteiger partial charge in [0, 0.05) is 28.9 Å². The van der Waals surface area contributed by atoms with E-state index in [1.165, 1.54) is 17.8 Å². The van der Waals surface area contributed by atoms with E-state index in [0.29, 0.717) is 34.0 Å². The van der Waals surface area contributed by atoms with E-state index in [9.17, 15) is 9.50 Å². The number of nitrogens with zero attached hydrogens (tertiary/aromatic N) is 5. The molecule has 4 atom stereocenters. The van der Waals surface area contributed by atoms with E-state index < -0.39 is 17.5 Å². The van der Waals surface area contributed by atoms with Crippen LogP contribution in [-0.2, 0) is 0 Å². The molecule has 2 N–H and O–H groups in total. The lowest BCUT2D eigenvalue weighted by Crippen LogP contribution is -2.73. The highest BCUT2D eigenvalue weighted by Crippen LogP contribution is 2.46. The van der Waals surface area contributed by atoms with Crippen LogP contribution in [0, 0.1) is 5.82 Å². The van der Waals surface area contributed by atoms with Gasteiger partial charge in [-0.15, -0.1) is 22.0 Å². The van der Waals surface area contributed by atoms with Crippen LogP contribution in [-0.4, -0.2) is 60.9 Å². The standard InChI is InChI=1S/C28H32F2N6OS/c1-27-9-4-10-28(2,35-27)24(30)21(13-27)36(18-6-7-18)23-15-31-25(34-33-23)19-8-5-16(12-22(19)37)17-11-20(29)26(38-3)32-14-17/h5,8,11-12,14-15,18,21,24,35,37H,4,6-7,9-10,13H2,1-3H3/t21-,24-,27-,28+/m1/s1. The summed E-state index contributed by atoms with van der Waals surface area (Å²) in [6.07, 6.45) is 9.56. The van der Waals surface area contributed by atoms with Gasteiger partial charge in [-0.2, -0.15) is 0 Å². The molecule has 0 spiro atoms. The number of hydrogen-bond acceptors (Lipinski definition) is 8. The molecule has 7 nitrogen and oxygen atoms in total. The molecular weight excluding hydrogens is 506 g/mol. The van der Waals surface area contributed by atoms with Gasteiger partial charge in [0.25, 0.3) is 0 Å². The molecule has 3 aliphatic rings. The minimum atomic E-state index is -1.03. The van der Waals surface area contributed by atoms with Crippen molar-refractivity contribution in [1.29, 1.82) is 0 Å². The number of aromatic hydroxyl groups is 1. The van der Waals surface area contributed by atoms with Gasteiger partial charge >= 0.3 is 0 Å². The third-order valence-electron chi connectivity index (χ3n) is 8.30. The van der Waals surface area contributed by atoms with Gasteiger partial charge in [-0.25, -0.2) is 18.7 Å². The molecule has 200 valence electrons. The molecule has 2 aromatic heterocycles. The normalized spacial score (nSPS) is 28.8. The van der Waals surface area contributed by atoms with Gasteiger partial charge in [-0.05, 0) is 82.4 Å². The number of benzene rings is 1. The maximum absolute atomic E-state index is 16.0. The molecule has 3 aromatic rings. The van der Waals surface area contributed by atoms with Crippen LogP contribution in [0.5, 0.6) is 5.75 Å². The average molecular weight is 539 g/mol. The Morgan fingerprint density at radius 1 is 1.08 bits per heavy atom. The maximum Gasteiger partial charge on any atom is 0.185 e. The van der Waals surface area contributed by atoms with Crippen molar-refractivity contribution in [2.75, 3.05) is 11.2 Å². The molecule has 1 aromatic carbocycles. The summed E-state index contributed by atoms with van der Waals surface area (Å²) < 4.78 is 30.2. The first-order valence-electron chi connectivity index (χ1n) is 13.1. The molecule has 4 heterocycles. The number of piperidine rings is 2. The predicted molar refractivity (Wildman–Crippen MR) is 144 cm³/mol. The molecule has 2 aliphatic heterocycles. The zero-order valence-corrected chi connectivity index (χ0v) is 22.6. The van der Waals surface area contributed by atoms with Crippen molar-refractivity contribution in [3.05, 3.63) is 42.5 Å². The van der Waals surface area contributed by atoms with E-state index >= 15 is 4.39 Å². The number of alkyl halides is 1. The molecule has 0 radical (unpaired) electrons. The predicted octanol–water partition coefficient (Wildman–Crippen LogP) is 5.54. The Bertz CT molecular complexity index is 1360. The molecule has 2 bridgehead atoms. The van der Waals surface area contributed by atoms with E-state index in [1.54, 1.807) is 36.8 Å². The van der Waals surface area contributed by atoms with Gasteiger partial charge < -0.3 is 15.3 Å². The number of rotatable bonds is 6. The number of phenolic OH excluding ortho intramolecular Hbond substituents is 1. The van der Waals surface area contributed by atoms with E-state index in [4.69, 9.17) is 0 Å². The molecule has 1 saturated carbocycles. The zero-order chi connectivity index (χ0) is 26.7. The summed E-state index contributed by atoms with van der Waals surface area (Å²) in [6, 6.07) is 6.35. The van der Waals surface area contributed by atoms with Crippen LogP contribution in [0.2, 0.25) is 0 Å². The van der Waals surface area contributed by atoms with Crippen LogP contribution in [0.25, 0.3) is 22.5 Å². The van der Waals surface area contributed by atoms with Gasteiger partial charge in [0.15, 0.2) is 17.5 Å². The average Bonchev–Trinajstić information content (AvgIpc) is 3.73. The summed E-state index contributed by atoms with van der Waals surface area (Å²) in [5, 5.41) is 23.5. The van der Waals surface area contributed by atoms with Crippen LogP contribution in [0.4, 0.5) is 14.6 Å². The topological polar surface area (TPSA) is 87.1 Å². The van der Waals surface area contributed by atoms with Crippen molar-refractivity contribution in [1.82, 2.24) is 25.5 Å². The van der Waals surface area contributed by atoms with Gasteiger partial charge in [0.05, 0.1) is 17.8 Å². The highest BCUT2D eigenvalue weighted by molar-refractivity contribution is 7.98. The number of pyridine rings is 1. The lowest BCUT2D eigenvalue weighted by molar-refractivity contribution is 0.000258. The fourth-order valence-corrected chi connectivity index (χ4v) is 6.79. The molecule has 1 aliphatic carbocycles. The number of hydrogen-bond donors (Lipinski definition) is 2. The Labute approximate surface area is 225 Å². The Hall–Kier alpha value is -2.85. The fourth-order valence-electron chi connectivity index (χ4n) is 6.37. The lowest BCUT2D eigenvalue weighted by Gasteiger charge is -2.57. The highest BCUT2D eigenvalue weighted by Gasteiger charge is 2.55. The third kappa shape index (κ3) is 4.51. The van der Waals surface area contributed by atoms with Crippen molar-refractivity contribution in [2.24, 2.45) is 0 Å². The third-order valence-corrected chi connectivity index (χ3v) is 8.99. The summed E-state index contributed by atoms with van der Waals surface area (Å²) >= 11 is 1.24. The smallest absolute Gasteiger partial charge is 0.185 e. The van der Waals surface area contributed by atoms with E-state index in [0.717, 1.165) is 32.1 Å². The molecule has 0 unspecified atom stereocenters. The van der Waals surface area contributed by atoms with Gasteiger partial charge in [0.1, 0.15) is 16.9 Å². The van der Waals surface area contributed by atoms with Crippen molar-refractivity contribution in [3.8, 4) is 28.3 Å².